The normalized spacial score (nSPS) is 14.5. The van der Waals surface area contributed by atoms with E-state index in [4.69, 9.17) is 4.74 Å². The molecule has 3 aromatic carbocycles. The molecule has 1 fully saturated rings. The predicted octanol–water partition coefficient (Wildman–Crippen LogP) is 5.56. The highest BCUT2D eigenvalue weighted by Gasteiger charge is 2.36. The minimum absolute atomic E-state index is 0.279. The molecule has 1 N–H and O–H groups in total. The number of amides is 3. The van der Waals surface area contributed by atoms with Crippen molar-refractivity contribution in [3.8, 4) is 5.75 Å². The SMILES string of the molecule is Cc1ccc(COc2ccc(/C=C3/SC(=O)N(CC(=O)Nc4cccc(C)c4)C3=O)cc2)cc1. The molecule has 3 amide bonds. The Morgan fingerprint density at radius 1 is 0.971 bits per heavy atom. The van der Waals surface area contributed by atoms with Crippen molar-refractivity contribution in [3.05, 3.63) is 100.0 Å². The van der Waals surface area contributed by atoms with Crippen LogP contribution >= 0.6 is 11.8 Å². The van der Waals surface area contributed by atoms with Gasteiger partial charge >= 0.3 is 0 Å². The summed E-state index contributed by atoms with van der Waals surface area (Å²) in [4.78, 5) is 38.7. The largest absolute Gasteiger partial charge is 0.489 e. The van der Waals surface area contributed by atoms with Gasteiger partial charge in [0.25, 0.3) is 11.1 Å². The molecule has 1 aliphatic heterocycles. The number of ether oxygens (including phenoxy) is 1. The molecule has 0 unspecified atom stereocenters. The molecule has 34 heavy (non-hydrogen) atoms. The second-order valence-corrected chi connectivity index (χ2v) is 9.02. The van der Waals surface area contributed by atoms with Gasteiger partial charge in [0, 0.05) is 5.69 Å². The highest BCUT2D eigenvalue weighted by Crippen LogP contribution is 2.32. The van der Waals surface area contributed by atoms with Crippen molar-refractivity contribution >= 4 is 40.6 Å². The molecule has 0 atom stereocenters. The summed E-state index contributed by atoms with van der Waals surface area (Å²) in [5.41, 5.74) is 4.66. The fraction of sp³-hybridized carbons (Fsp3) is 0.148. The lowest BCUT2D eigenvalue weighted by atomic mass is 10.1. The average molecular weight is 473 g/mol. The summed E-state index contributed by atoms with van der Waals surface area (Å²) in [5.74, 6) is -0.197. The zero-order chi connectivity index (χ0) is 24.1. The first-order valence-corrected chi connectivity index (χ1v) is 11.6. The number of nitrogens with one attached hydrogen (secondary N) is 1. The second-order valence-electron chi connectivity index (χ2n) is 8.03. The summed E-state index contributed by atoms with van der Waals surface area (Å²) in [6.45, 7) is 4.09. The first-order chi connectivity index (χ1) is 16.4. The van der Waals surface area contributed by atoms with Gasteiger partial charge in [0.15, 0.2) is 0 Å². The summed E-state index contributed by atoms with van der Waals surface area (Å²) in [6.07, 6.45) is 1.65. The van der Waals surface area contributed by atoms with Crippen LogP contribution < -0.4 is 10.1 Å². The molecule has 4 rings (SSSR count). The molecule has 7 heteroatoms. The summed E-state index contributed by atoms with van der Waals surface area (Å²) < 4.78 is 5.81. The number of nitrogens with zero attached hydrogens (tertiary/aromatic N) is 1. The Bertz CT molecular complexity index is 1250. The molecule has 6 nitrogen and oxygen atoms in total. The van der Waals surface area contributed by atoms with E-state index in [9.17, 15) is 14.4 Å². The second kappa shape index (κ2) is 10.4. The van der Waals surface area contributed by atoms with Gasteiger partial charge in [-0.25, -0.2) is 0 Å². The Labute approximate surface area is 202 Å². The van der Waals surface area contributed by atoms with Crippen LogP contribution in [0.25, 0.3) is 6.08 Å². The fourth-order valence-electron chi connectivity index (χ4n) is 3.37. The van der Waals surface area contributed by atoms with E-state index in [2.05, 4.69) is 5.32 Å². The molecule has 0 bridgehead atoms. The van der Waals surface area contributed by atoms with Crippen molar-refractivity contribution in [2.45, 2.75) is 20.5 Å². The molecule has 1 saturated heterocycles. The van der Waals surface area contributed by atoms with E-state index in [1.165, 1.54) is 5.56 Å². The summed E-state index contributed by atoms with van der Waals surface area (Å²) in [5, 5.41) is 2.26. The quantitative estimate of drug-likeness (QED) is 0.456. The number of thioether (sulfide) groups is 1. The topological polar surface area (TPSA) is 75.7 Å². The number of hydrogen-bond donors (Lipinski definition) is 1. The molecule has 0 radical (unpaired) electrons. The molecule has 0 aliphatic carbocycles. The van der Waals surface area contributed by atoms with E-state index in [-0.39, 0.29) is 11.4 Å². The van der Waals surface area contributed by atoms with Crippen LogP contribution in [0.5, 0.6) is 5.75 Å². The van der Waals surface area contributed by atoms with Gasteiger partial charge in [-0.2, -0.15) is 0 Å². The Morgan fingerprint density at radius 3 is 2.41 bits per heavy atom. The number of aryl methyl sites for hydroxylation is 2. The molecular formula is C27H24N2O4S. The Kier molecular flexibility index (Phi) is 7.13. The monoisotopic (exact) mass is 472 g/mol. The maximum absolute atomic E-state index is 12.7. The Balaban J connectivity index is 1.35. The van der Waals surface area contributed by atoms with Crippen molar-refractivity contribution in [1.29, 1.82) is 0 Å². The number of carbonyl (C=O) groups is 3. The molecule has 1 aliphatic rings. The van der Waals surface area contributed by atoms with E-state index >= 15 is 0 Å². The van der Waals surface area contributed by atoms with Crippen LogP contribution in [0.4, 0.5) is 10.5 Å². The summed E-state index contributed by atoms with van der Waals surface area (Å²) in [6, 6.07) is 22.7. The van der Waals surface area contributed by atoms with Crippen LogP contribution in [0.1, 0.15) is 22.3 Å². The van der Waals surface area contributed by atoms with E-state index in [0.717, 1.165) is 33.4 Å². The first-order valence-electron chi connectivity index (χ1n) is 10.8. The summed E-state index contributed by atoms with van der Waals surface area (Å²) >= 11 is 0.828. The predicted molar refractivity (Wildman–Crippen MR) is 134 cm³/mol. The lowest BCUT2D eigenvalue weighted by Crippen LogP contribution is -2.36. The number of benzene rings is 3. The molecule has 0 aromatic heterocycles. The molecule has 0 saturated carbocycles. The highest BCUT2D eigenvalue weighted by molar-refractivity contribution is 8.18. The van der Waals surface area contributed by atoms with Crippen LogP contribution in [-0.4, -0.2) is 28.5 Å². The number of carbonyl (C=O) groups excluding carboxylic acids is 3. The highest BCUT2D eigenvalue weighted by atomic mass is 32.2. The summed E-state index contributed by atoms with van der Waals surface area (Å²) in [7, 11) is 0. The lowest BCUT2D eigenvalue weighted by molar-refractivity contribution is -0.127. The average Bonchev–Trinajstić information content (AvgIpc) is 3.07. The number of rotatable bonds is 7. The van der Waals surface area contributed by atoms with E-state index in [1.807, 2.05) is 80.6 Å². The molecule has 3 aromatic rings. The fourth-order valence-corrected chi connectivity index (χ4v) is 4.20. The third kappa shape index (κ3) is 5.94. The van der Waals surface area contributed by atoms with Crippen LogP contribution in [0.3, 0.4) is 0 Å². The van der Waals surface area contributed by atoms with Crippen molar-refractivity contribution in [3.63, 3.8) is 0 Å². The van der Waals surface area contributed by atoms with Gasteiger partial charge in [0.1, 0.15) is 18.9 Å². The van der Waals surface area contributed by atoms with Crippen molar-refractivity contribution < 1.29 is 19.1 Å². The van der Waals surface area contributed by atoms with Crippen LogP contribution in [-0.2, 0) is 16.2 Å². The van der Waals surface area contributed by atoms with Crippen molar-refractivity contribution in [2.75, 3.05) is 11.9 Å². The Hall–Kier alpha value is -3.84. The third-order valence-electron chi connectivity index (χ3n) is 5.18. The van der Waals surface area contributed by atoms with Gasteiger partial charge in [-0.15, -0.1) is 0 Å². The molecule has 1 heterocycles. The van der Waals surface area contributed by atoms with Crippen LogP contribution in [0.15, 0.2) is 77.7 Å². The van der Waals surface area contributed by atoms with Crippen molar-refractivity contribution in [1.82, 2.24) is 4.90 Å². The molecule has 172 valence electrons. The maximum Gasteiger partial charge on any atom is 0.294 e. The number of anilines is 1. The maximum atomic E-state index is 12.7. The zero-order valence-corrected chi connectivity index (χ0v) is 19.7. The lowest BCUT2D eigenvalue weighted by Gasteiger charge is -2.12. The Morgan fingerprint density at radius 2 is 1.71 bits per heavy atom. The number of hydrogen-bond acceptors (Lipinski definition) is 5. The minimum atomic E-state index is -0.478. The molecule has 0 spiro atoms. The van der Waals surface area contributed by atoms with Gasteiger partial charge < -0.3 is 10.1 Å². The minimum Gasteiger partial charge on any atom is -0.489 e. The zero-order valence-electron chi connectivity index (χ0n) is 18.9. The first kappa shape index (κ1) is 23.3. The van der Waals surface area contributed by atoms with Crippen molar-refractivity contribution in [2.24, 2.45) is 0 Å². The van der Waals surface area contributed by atoms with Crippen LogP contribution in [0, 0.1) is 13.8 Å². The van der Waals surface area contributed by atoms with Gasteiger partial charge in [-0.05, 0) is 72.6 Å². The van der Waals surface area contributed by atoms with Gasteiger partial charge in [-0.1, -0.05) is 54.1 Å². The van der Waals surface area contributed by atoms with Gasteiger partial charge in [-0.3, -0.25) is 19.3 Å². The standard InChI is InChI=1S/C27H24N2O4S/c1-18-6-8-21(9-7-18)17-33-23-12-10-20(11-13-23)15-24-26(31)29(27(32)34-24)16-25(30)28-22-5-3-4-19(2)14-22/h3-15H,16-17H2,1-2H3,(H,28,30)/b24-15+. The van der Waals surface area contributed by atoms with Gasteiger partial charge in [0.2, 0.25) is 5.91 Å². The van der Waals surface area contributed by atoms with Crippen LogP contribution in [0.2, 0.25) is 0 Å². The van der Waals surface area contributed by atoms with E-state index in [1.54, 1.807) is 12.1 Å². The third-order valence-corrected chi connectivity index (χ3v) is 6.09. The van der Waals surface area contributed by atoms with E-state index in [0.29, 0.717) is 18.0 Å². The van der Waals surface area contributed by atoms with Gasteiger partial charge in [0.05, 0.1) is 4.91 Å². The number of imide groups is 1. The molecular weight excluding hydrogens is 448 g/mol. The van der Waals surface area contributed by atoms with E-state index < -0.39 is 17.1 Å². The smallest absolute Gasteiger partial charge is 0.294 e.